The molecule has 1 aliphatic carbocycles. The van der Waals surface area contributed by atoms with Crippen LogP contribution in [0.3, 0.4) is 0 Å². The Morgan fingerprint density at radius 3 is 2.83 bits per heavy atom. The molecule has 0 radical (unpaired) electrons. The molecule has 1 aliphatic rings. The Balaban J connectivity index is 1.78. The second-order valence-corrected chi connectivity index (χ2v) is 5.49. The van der Waals surface area contributed by atoms with Crippen molar-refractivity contribution in [3.63, 3.8) is 0 Å². The molecule has 0 aromatic heterocycles. The topological polar surface area (TPSA) is 21.3 Å². The second-order valence-electron chi connectivity index (χ2n) is 5.08. The van der Waals surface area contributed by atoms with Gasteiger partial charge >= 0.3 is 0 Å². The first kappa shape index (κ1) is 13.8. The first-order valence-electron chi connectivity index (χ1n) is 6.29. The van der Waals surface area contributed by atoms with Gasteiger partial charge in [0.15, 0.2) is 0 Å². The van der Waals surface area contributed by atoms with E-state index in [1.54, 1.807) is 13.2 Å². The fourth-order valence-corrected chi connectivity index (χ4v) is 2.37. The van der Waals surface area contributed by atoms with Gasteiger partial charge in [0.25, 0.3) is 0 Å². The van der Waals surface area contributed by atoms with Crippen molar-refractivity contribution < 1.29 is 9.13 Å². The van der Waals surface area contributed by atoms with E-state index in [0.29, 0.717) is 17.0 Å². The van der Waals surface area contributed by atoms with E-state index in [0.717, 1.165) is 25.1 Å². The zero-order chi connectivity index (χ0) is 13.0. The quantitative estimate of drug-likeness (QED) is 0.821. The van der Waals surface area contributed by atoms with Crippen LogP contribution < -0.4 is 5.32 Å². The lowest BCUT2D eigenvalue weighted by molar-refractivity contribution is 0.171. The van der Waals surface area contributed by atoms with Gasteiger partial charge in [-0.1, -0.05) is 17.7 Å². The lowest BCUT2D eigenvalue weighted by atomic mass is 10.0. The molecule has 0 atom stereocenters. The normalized spacial score (nSPS) is 16.8. The minimum Gasteiger partial charge on any atom is -0.385 e. The molecule has 0 saturated heterocycles. The van der Waals surface area contributed by atoms with E-state index < -0.39 is 0 Å². The highest BCUT2D eigenvalue weighted by atomic mass is 35.5. The van der Waals surface area contributed by atoms with Crippen LogP contribution in [0.15, 0.2) is 18.2 Å². The van der Waals surface area contributed by atoms with E-state index in [2.05, 4.69) is 5.32 Å². The summed E-state index contributed by atoms with van der Waals surface area (Å²) in [5.74, 6) is -0.289. The van der Waals surface area contributed by atoms with Crippen LogP contribution in [-0.4, -0.2) is 20.3 Å². The van der Waals surface area contributed by atoms with E-state index in [-0.39, 0.29) is 5.82 Å². The zero-order valence-corrected chi connectivity index (χ0v) is 11.4. The highest BCUT2D eigenvalue weighted by molar-refractivity contribution is 6.31. The molecular weight excluding hydrogens is 253 g/mol. The number of hydrogen-bond donors (Lipinski definition) is 1. The summed E-state index contributed by atoms with van der Waals surface area (Å²) in [6.45, 7) is 2.48. The van der Waals surface area contributed by atoms with Gasteiger partial charge in [-0.25, -0.2) is 4.39 Å². The van der Waals surface area contributed by atoms with Crippen LogP contribution in [0.5, 0.6) is 0 Å². The molecule has 1 saturated carbocycles. The molecule has 0 amide bonds. The van der Waals surface area contributed by atoms with Crippen LogP contribution in [0.4, 0.5) is 4.39 Å². The standard InChI is InChI=1S/C14H19ClFNO/c1-18-7-6-14(4-5-14)10-17-9-11-2-3-12(16)8-13(11)15/h2-3,8,17H,4-7,9-10H2,1H3. The van der Waals surface area contributed by atoms with Crippen LogP contribution in [0, 0.1) is 11.2 Å². The molecular formula is C14H19ClFNO. The highest BCUT2D eigenvalue weighted by Crippen LogP contribution is 2.48. The smallest absolute Gasteiger partial charge is 0.124 e. The first-order chi connectivity index (χ1) is 8.65. The maximum atomic E-state index is 12.9. The molecule has 2 nitrogen and oxygen atoms in total. The van der Waals surface area contributed by atoms with E-state index in [1.807, 2.05) is 0 Å². The lowest BCUT2D eigenvalue weighted by Gasteiger charge is -2.15. The Hall–Kier alpha value is -0.640. The van der Waals surface area contributed by atoms with Crippen molar-refractivity contribution >= 4 is 11.6 Å². The van der Waals surface area contributed by atoms with Crippen molar-refractivity contribution in [3.8, 4) is 0 Å². The molecule has 4 heteroatoms. The third kappa shape index (κ3) is 3.67. The summed E-state index contributed by atoms with van der Waals surface area (Å²) in [7, 11) is 1.74. The molecule has 100 valence electrons. The predicted molar refractivity (Wildman–Crippen MR) is 71.3 cm³/mol. The molecule has 0 bridgehead atoms. The summed E-state index contributed by atoms with van der Waals surface area (Å²) < 4.78 is 18.0. The molecule has 1 aromatic rings. The number of ether oxygens (including phenoxy) is 1. The Bertz CT molecular complexity index is 407. The Labute approximate surface area is 112 Å². The van der Waals surface area contributed by atoms with E-state index in [1.165, 1.54) is 25.0 Å². The van der Waals surface area contributed by atoms with Crippen molar-refractivity contribution in [1.82, 2.24) is 5.32 Å². The van der Waals surface area contributed by atoms with Gasteiger partial charge < -0.3 is 10.1 Å². The highest BCUT2D eigenvalue weighted by Gasteiger charge is 2.41. The monoisotopic (exact) mass is 271 g/mol. The summed E-state index contributed by atoms with van der Waals surface area (Å²) >= 11 is 5.98. The third-order valence-corrected chi connectivity index (χ3v) is 3.98. The van der Waals surface area contributed by atoms with Crippen LogP contribution in [0.2, 0.25) is 5.02 Å². The molecule has 1 aromatic carbocycles. The van der Waals surface area contributed by atoms with Crippen molar-refractivity contribution in [2.45, 2.75) is 25.8 Å². The molecule has 0 heterocycles. The number of halogens is 2. The Kier molecular flexibility index (Phi) is 4.60. The molecule has 0 unspecified atom stereocenters. The zero-order valence-electron chi connectivity index (χ0n) is 10.6. The SMILES string of the molecule is COCCC1(CNCc2ccc(F)cc2Cl)CC1. The van der Waals surface area contributed by atoms with Crippen LogP contribution >= 0.6 is 11.6 Å². The van der Waals surface area contributed by atoms with Crippen molar-refractivity contribution in [2.75, 3.05) is 20.3 Å². The summed E-state index contributed by atoms with van der Waals surface area (Å²) in [5.41, 5.74) is 1.36. The van der Waals surface area contributed by atoms with Crippen molar-refractivity contribution in [2.24, 2.45) is 5.41 Å². The Morgan fingerprint density at radius 2 is 2.22 bits per heavy atom. The van der Waals surface area contributed by atoms with Crippen LogP contribution in [0.1, 0.15) is 24.8 Å². The lowest BCUT2D eigenvalue weighted by Crippen LogP contribution is -2.24. The molecule has 0 spiro atoms. The molecule has 1 N–H and O–H groups in total. The van der Waals surface area contributed by atoms with Gasteiger partial charge in [0, 0.05) is 31.8 Å². The predicted octanol–water partition coefficient (Wildman–Crippen LogP) is 3.39. The van der Waals surface area contributed by atoms with Crippen molar-refractivity contribution in [1.29, 1.82) is 0 Å². The molecule has 0 aliphatic heterocycles. The van der Waals surface area contributed by atoms with E-state index in [9.17, 15) is 4.39 Å². The fraction of sp³-hybridized carbons (Fsp3) is 0.571. The maximum absolute atomic E-state index is 12.9. The van der Waals surface area contributed by atoms with Gasteiger partial charge in [-0.3, -0.25) is 0 Å². The van der Waals surface area contributed by atoms with Gasteiger partial charge in [-0.2, -0.15) is 0 Å². The van der Waals surface area contributed by atoms with Crippen LogP contribution in [-0.2, 0) is 11.3 Å². The van der Waals surface area contributed by atoms with Gasteiger partial charge in [0.2, 0.25) is 0 Å². The molecule has 18 heavy (non-hydrogen) atoms. The van der Waals surface area contributed by atoms with E-state index >= 15 is 0 Å². The maximum Gasteiger partial charge on any atom is 0.124 e. The summed E-state index contributed by atoms with van der Waals surface area (Å²) in [6, 6.07) is 4.54. The summed E-state index contributed by atoms with van der Waals surface area (Å²) in [4.78, 5) is 0. The average molecular weight is 272 g/mol. The minimum atomic E-state index is -0.289. The minimum absolute atomic E-state index is 0.289. The number of benzene rings is 1. The molecule has 2 rings (SSSR count). The summed E-state index contributed by atoms with van der Waals surface area (Å²) in [6.07, 6.45) is 3.63. The van der Waals surface area contributed by atoms with E-state index in [4.69, 9.17) is 16.3 Å². The first-order valence-corrected chi connectivity index (χ1v) is 6.67. The van der Waals surface area contributed by atoms with Gasteiger partial charge in [0.05, 0.1) is 0 Å². The largest absolute Gasteiger partial charge is 0.385 e. The average Bonchev–Trinajstić information content (AvgIpc) is 3.10. The number of rotatable bonds is 7. The summed E-state index contributed by atoms with van der Waals surface area (Å²) in [5, 5.41) is 3.90. The van der Waals surface area contributed by atoms with Crippen molar-refractivity contribution in [3.05, 3.63) is 34.6 Å². The van der Waals surface area contributed by atoms with Gasteiger partial charge in [-0.15, -0.1) is 0 Å². The fourth-order valence-electron chi connectivity index (χ4n) is 2.14. The number of methoxy groups -OCH3 is 1. The number of nitrogens with one attached hydrogen (secondary N) is 1. The van der Waals surface area contributed by atoms with Gasteiger partial charge in [0.1, 0.15) is 5.82 Å². The Morgan fingerprint density at radius 1 is 1.44 bits per heavy atom. The second kappa shape index (κ2) is 6.00. The third-order valence-electron chi connectivity index (χ3n) is 3.62. The van der Waals surface area contributed by atoms with Gasteiger partial charge in [-0.05, 0) is 42.4 Å². The number of hydrogen-bond acceptors (Lipinski definition) is 2. The molecule has 1 fully saturated rings. The van der Waals surface area contributed by atoms with Crippen LogP contribution in [0.25, 0.3) is 0 Å².